The maximum absolute atomic E-state index is 11.3. The van der Waals surface area contributed by atoms with E-state index in [-0.39, 0.29) is 12.0 Å². The predicted octanol–water partition coefficient (Wildman–Crippen LogP) is 2.26. The third kappa shape index (κ3) is 4.45. The third-order valence-electron chi connectivity index (χ3n) is 2.42. The number of methoxy groups -OCH3 is 1. The second-order valence-corrected chi connectivity index (χ2v) is 3.89. The predicted molar refractivity (Wildman–Crippen MR) is 68.1 cm³/mol. The molecule has 18 heavy (non-hydrogen) atoms. The average molecular weight is 248 g/mol. The molecular formula is C12H16N4O2. The molecule has 6 nitrogen and oxygen atoms in total. The molecule has 0 aromatic heterocycles. The maximum Gasteiger partial charge on any atom is 0.337 e. The molecule has 0 radical (unpaired) electrons. The molecule has 0 saturated heterocycles. The van der Waals surface area contributed by atoms with E-state index in [1.54, 1.807) is 18.2 Å². The SMILES string of the molecule is COC(=O)c1cccc(CNC(C)CN=[N+]=[N-])c1. The van der Waals surface area contributed by atoms with Gasteiger partial charge in [-0.1, -0.05) is 17.2 Å². The van der Waals surface area contributed by atoms with Crippen molar-refractivity contribution in [2.45, 2.75) is 19.5 Å². The molecule has 0 heterocycles. The lowest BCUT2D eigenvalue weighted by molar-refractivity contribution is 0.0600. The molecule has 0 spiro atoms. The minimum absolute atomic E-state index is 0.0858. The number of hydrogen-bond acceptors (Lipinski definition) is 4. The lowest BCUT2D eigenvalue weighted by Gasteiger charge is -2.11. The standard InChI is InChI=1S/C12H16N4O2/c1-9(7-15-16-13)14-8-10-4-3-5-11(6-10)12(17)18-2/h3-6,9,14H,7-8H2,1-2H3. The first-order valence-electron chi connectivity index (χ1n) is 5.59. The first-order valence-corrected chi connectivity index (χ1v) is 5.59. The molecule has 0 saturated carbocycles. The molecule has 1 aromatic carbocycles. The van der Waals surface area contributed by atoms with Crippen LogP contribution in [0.2, 0.25) is 0 Å². The summed E-state index contributed by atoms with van der Waals surface area (Å²) in [7, 11) is 1.36. The Labute approximate surface area is 106 Å². The highest BCUT2D eigenvalue weighted by molar-refractivity contribution is 5.89. The molecule has 1 unspecified atom stereocenters. The molecule has 1 aromatic rings. The highest BCUT2D eigenvalue weighted by Crippen LogP contribution is 2.06. The van der Waals surface area contributed by atoms with Gasteiger partial charge in [0, 0.05) is 24.0 Å². The van der Waals surface area contributed by atoms with Crippen LogP contribution in [-0.4, -0.2) is 25.7 Å². The molecule has 6 heteroatoms. The van der Waals surface area contributed by atoms with E-state index >= 15 is 0 Å². The van der Waals surface area contributed by atoms with E-state index in [1.807, 2.05) is 13.0 Å². The number of rotatable bonds is 6. The highest BCUT2D eigenvalue weighted by atomic mass is 16.5. The number of hydrogen-bond donors (Lipinski definition) is 1. The molecule has 0 bridgehead atoms. The van der Waals surface area contributed by atoms with Gasteiger partial charge in [-0.15, -0.1) is 0 Å². The van der Waals surface area contributed by atoms with Gasteiger partial charge in [0.05, 0.1) is 12.7 Å². The van der Waals surface area contributed by atoms with Gasteiger partial charge in [0.1, 0.15) is 0 Å². The number of nitrogens with one attached hydrogen (secondary N) is 1. The summed E-state index contributed by atoms with van der Waals surface area (Å²) in [5.74, 6) is -0.348. The van der Waals surface area contributed by atoms with Gasteiger partial charge in [0.15, 0.2) is 0 Å². The Bertz CT molecular complexity index is 455. The van der Waals surface area contributed by atoms with Crippen molar-refractivity contribution >= 4 is 5.97 Å². The molecule has 0 amide bonds. The Morgan fingerprint density at radius 1 is 1.61 bits per heavy atom. The number of azide groups is 1. The van der Waals surface area contributed by atoms with Crippen molar-refractivity contribution in [3.63, 3.8) is 0 Å². The smallest absolute Gasteiger partial charge is 0.337 e. The van der Waals surface area contributed by atoms with Crippen LogP contribution >= 0.6 is 0 Å². The zero-order chi connectivity index (χ0) is 13.4. The second-order valence-electron chi connectivity index (χ2n) is 3.89. The van der Waals surface area contributed by atoms with E-state index in [0.29, 0.717) is 18.7 Å². The van der Waals surface area contributed by atoms with Crippen LogP contribution in [-0.2, 0) is 11.3 Å². The summed E-state index contributed by atoms with van der Waals surface area (Å²) in [6.45, 7) is 2.93. The zero-order valence-electron chi connectivity index (χ0n) is 10.5. The van der Waals surface area contributed by atoms with Crippen molar-refractivity contribution in [3.05, 3.63) is 45.8 Å². The molecule has 1 N–H and O–H groups in total. The lowest BCUT2D eigenvalue weighted by Crippen LogP contribution is -2.27. The van der Waals surface area contributed by atoms with Crippen molar-refractivity contribution in [2.75, 3.05) is 13.7 Å². The molecule has 96 valence electrons. The van der Waals surface area contributed by atoms with Crippen LogP contribution in [0.1, 0.15) is 22.8 Å². The fourth-order valence-corrected chi connectivity index (χ4v) is 1.44. The molecule has 0 aliphatic heterocycles. The number of benzene rings is 1. The van der Waals surface area contributed by atoms with Gasteiger partial charge in [0.25, 0.3) is 0 Å². The monoisotopic (exact) mass is 248 g/mol. The summed E-state index contributed by atoms with van der Waals surface area (Å²) in [4.78, 5) is 14.1. The summed E-state index contributed by atoms with van der Waals surface area (Å²) in [5.41, 5.74) is 9.71. The van der Waals surface area contributed by atoms with E-state index in [1.165, 1.54) is 7.11 Å². The number of ether oxygens (including phenoxy) is 1. The first kappa shape index (κ1) is 14.0. The molecule has 1 atom stereocenters. The van der Waals surface area contributed by atoms with E-state index in [9.17, 15) is 4.79 Å². The van der Waals surface area contributed by atoms with Gasteiger partial charge in [0.2, 0.25) is 0 Å². The number of esters is 1. The first-order chi connectivity index (χ1) is 8.67. The number of nitrogens with zero attached hydrogens (tertiary/aromatic N) is 3. The molecule has 0 fully saturated rings. The Balaban J connectivity index is 2.57. The van der Waals surface area contributed by atoms with Gasteiger partial charge in [-0.2, -0.15) is 0 Å². The Kier molecular flexibility index (Phi) is 5.70. The summed E-state index contributed by atoms with van der Waals surface area (Å²) >= 11 is 0. The van der Waals surface area contributed by atoms with Crippen LogP contribution < -0.4 is 5.32 Å². The van der Waals surface area contributed by atoms with Gasteiger partial charge in [-0.25, -0.2) is 4.79 Å². The summed E-state index contributed by atoms with van der Waals surface area (Å²) < 4.78 is 4.66. The Morgan fingerprint density at radius 3 is 3.06 bits per heavy atom. The molecule has 0 aliphatic rings. The molecule has 0 aliphatic carbocycles. The van der Waals surface area contributed by atoms with E-state index < -0.39 is 0 Å². The van der Waals surface area contributed by atoms with Crippen LogP contribution in [0.25, 0.3) is 10.4 Å². The third-order valence-corrected chi connectivity index (χ3v) is 2.42. The minimum atomic E-state index is -0.348. The van der Waals surface area contributed by atoms with E-state index in [4.69, 9.17) is 5.53 Å². The van der Waals surface area contributed by atoms with Crippen LogP contribution in [0, 0.1) is 0 Å². The van der Waals surface area contributed by atoms with Gasteiger partial charge in [-0.3, -0.25) is 0 Å². The lowest BCUT2D eigenvalue weighted by atomic mass is 10.1. The van der Waals surface area contributed by atoms with Crippen molar-refractivity contribution in [1.29, 1.82) is 0 Å². The van der Waals surface area contributed by atoms with Crippen molar-refractivity contribution in [1.82, 2.24) is 5.32 Å². The number of carbonyl (C=O) groups excluding carboxylic acids is 1. The Morgan fingerprint density at radius 2 is 2.39 bits per heavy atom. The Hall–Kier alpha value is -2.04. The molecular weight excluding hydrogens is 232 g/mol. The fourth-order valence-electron chi connectivity index (χ4n) is 1.44. The van der Waals surface area contributed by atoms with E-state index in [0.717, 1.165) is 5.56 Å². The van der Waals surface area contributed by atoms with Crippen LogP contribution in [0.5, 0.6) is 0 Å². The second kappa shape index (κ2) is 7.32. The summed E-state index contributed by atoms with van der Waals surface area (Å²) in [5, 5.41) is 6.69. The topological polar surface area (TPSA) is 87.1 Å². The summed E-state index contributed by atoms with van der Waals surface area (Å²) in [6, 6.07) is 7.29. The largest absolute Gasteiger partial charge is 0.465 e. The van der Waals surface area contributed by atoms with Gasteiger partial charge in [-0.05, 0) is 30.2 Å². The highest BCUT2D eigenvalue weighted by Gasteiger charge is 2.06. The minimum Gasteiger partial charge on any atom is -0.465 e. The zero-order valence-corrected chi connectivity index (χ0v) is 10.5. The number of carbonyl (C=O) groups is 1. The van der Waals surface area contributed by atoms with Crippen LogP contribution in [0.4, 0.5) is 0 Å². The van der Waals surface area contributed by atoms with Gasteiger partial charge < -0.3 is 10.1 Å². The van der Waals surface area contributed by atoms with Crippen molar-refractivity contribution in [3.8, 4) is 0 Å². The quantitative estimate of drug-likeness (QED) is 0.362. The van der Waals surface area contributed by atoms with Crippen LogP contribution in [0.3, 0.4) is 0 Å². The van der Waals surface area contributed by atoms with Crippen molar-refractivity contribution in [2.24, 2.45) is 5.11 Å². The normalized spacial score (nSPS) is 11.4. The maximum atomic E-state index is 11.3. The van der Waals surface area contributed by atoms with Crippen molar-refractivity contribution < 1.29 is 9.53 Å². The summed E-state index contributed by atoms with van der Waals surface area (Å²) in [6.07, 6.45) is 0. The fraction of sp³-hybridized carbons (Fsp3) is 0.417. The van der Waals surface area contributed by atoms with Gasteiger partial charge >= 0.3 is 5.97 Å². The van der Waals surface area contributed by atoms with Crippen LogP contribution in [0.15, 0.2) is 29.4 Å². The molecule has 1 rings (SSSR count). The average Bonchev–Trinajstić information content (AvgIpc) is 2.42. The van der Waals surface area contributed by atoms with E-state index in [2.05, 4.69) is 20.1 Å².